The molecule has 0 spiro atoms. The van der Waals surface area contributed by atoms with Crippen LogP contribution in [0.15, 0.2) is 54.6 Å². The zero-order valence-electron chi connectivity index (χ0n) is 12.6. The molecule has 2 aromatic carbocycles. The molecule has 1 saturated heterocycles. The molecule has 1 heterocycles. The zero-order chi connectivity index (χ0) is 15.4. The molecule has 0 saturated carbocycles. The molecule has 114 valence electrons. The van der Waals surface area contributed by atoms with Gasteiger partial charge < -0.3 is 15.5 Å². The van der Waals surface area contributed by atoms with Crippen LogP contribution in [0.25, 0.3) is 0 Å². The Morgan fingerprint density at radius 2 is 1.68 bits per heavy atom. The van der Waals surface area contributed by atoms with E-state index in [2.05, 4.69) is 11.0 Å². The number of carbonyl (C=O) groups excluding carboxylic acids is 1. The molecule has 3 rings (SSSR count). The normalized spacial score (nSPS) is 14.9. The van der Waals surface area contributed by atoms with Crippen LogP contribution >= 0.6 is 0 Å². The summed E-state index contributed by atoms with van der Waals surface area (Å²) in [7, 11) is 0. The topological polar surface area (TPSA) is 49.6 Å². The Hall–Kier alpha value is -2.49. The quantitative estimate of drug-likeness (QED) is 0.883. The lowest BCUT2D eigenvalue weighted by Crippen LogP contribution is -2.49. The third-order valence-electron chi connectivity index (χ3n) is 4.07. The molecule has 0 atom stereocenters. The molecule has 1 aliphatic heterocycles. The molecule has 2 aromatic rings. The average molecular weight is 295 g/mol. The first-order chi connectivity index (χ1) is 10.7. The Kier molecular flexibility index (Phi) is 4.28. The minimum Gasteiger partial charge on any atom is -0.399 e. The van der Waals surface area contributed by atoms with Gasteiger partial charge in [-0.2, -0.15) is 0 Å². The van der Waals surface area contributed by atoms with Gasteiger partial charge in [-0.05, 0) is 23.8 Å². The number of rotatable bonds is 3. The van der Waals surface area contributed by atoms with Crippen LogP contribution in [0.5, 0.6) is 0 Å². The first-order valence-corrected chi connectivity index (χ1v) is 7.64. The molecule has 0 aromatic heterocycles. The van der Waals surface area contributed by atoms with Gasteiger partial charge in [0.2, 0.25) is 5.91 Å². The lowest BCUT2D eigenvalue weighted by Gasteiger charge is -2.36. The lowest BCUT2D eigenvalue weighted by atomic mass is 10.1. The molecule has 0 aliphatic carbocycles. The van der Waals surface area contributed by atoms with Crippen LogP contribution in [0.4, 0.5) is 11.4 Å². The lowest BCUT2D eigenvalue weighted by molar-refractivity contribution is -0.130. The van der Waals surface area contributed by atoms with E-state index in [0.717, 1.165) is 43.1 Å². The van der Waals surface area contributed by atoms with E-state index >= 15 is 0 Å². The first kappa shape index (κ1) is 14.4. The van der Waals surface area contributed by atoms with Crippen molar-refractivity contribution in [2.75, 3.05) is 36.8 Å². The predicted molar refractivity (Wildman–Crippen MR) is 89.8 cm³/mol. The van der Waals surface area contributed by atoms with Gasteiger partial charge in [0.25, 0.3) is 0 Å². The fourth-order valence-electron chi connectivity index (χ4n) is 2.82. The van der Waals surface area contributed by atoms with Crippen molar-refractivity contribution in [3.8, 4) is 0 Å². The van der Waals surface area contributed by atoms with Crippen LogP contribution in [0, 0.1) is 0 Å². The number of hydrogen-bond donors (Lipinski definition) is 1. The Labute approximate surface area is 131 Å². The van der Waals surface area contributed by atoms with Crippen molar-refractivity contribution >= 4 is 17.3 Å². The van der Waals surface area contributed by atoms with Crippen molar-refractivity contribution in [3.05, 3.63) is 60.2 Å². The van der Waals surface area contributed by atoms with Crippen LogP contribution in [0.2, 0.25) is 0 Å². The van der Waals surface area contributed by atoms with Crippen molar-refractivity contribution in [3.63, 3.8) is 0 Å². The van der Waals surface area contributed by atoms with Gasteiger partial charge in [0.1, 0.15) is 0 Å². The largest absolute Gasteiger partial charge is 0.399 e. The highest BCUT2D eigenvalue weighted by atomic mass is 16.2. The summed E-state index contributed by atoms with van der Waals surface area (Å²) in [6.45, 7) is 3.23. The average Bonchev–Trinajstić information content (AvgIpc) is 2.56. The van der Waals surface area contributed by atoms with E-state index in [0.29, 0.717) is 6.42 Å². The Morgan fingerprint density at radius 3 is 2.36 bits per heavy atom. The highest BCUT2D eigenvalue weighted by Crippen LogP contribution is 2.19. The second-order valence-electron chi connectivity index (χ2n) is 5.63. The van der Waals surface area contributed by atoms with Crippen LogP contribution in [-0.4, -0.2) is 37.0 Å². The molecule has 22 heavy (non-hydrogen) atoms. The summed E-state index contributed by atoms with van der Waals surface area (Å²) in [6.07, 6.45) is 0.485. The van der Waals surface area contributed by atoms with E-state index in [1.165, 1.54) is 0 Å². The van der Waals surface area contributed by atoms with E-state index in [1.54, 1.807) is 0 Å². The van der Waals surface area contributed by atoms with Crippen molar-refractivity contribution in [2.24, 2.45) is 0 Å². The summed E-state index contributed by atoms with van der Waals surface area (Å²) in [4.78, 5) is 16.6. The minimum absolute atomic E-state index is 0.207. The monoisotopic (exact) mass is 295 g/mol. The van der Waals surface area contributed by atoms with Crippen molar-refractivity contribution in [1.29, 1.82) is 0 Å². The van der Waals surface area contributed by atoms with E-state index in [1.807, 2.05) is 53.4 Å². The standard InChI is InChI=1S/C18H21N3O/c19-16-7-4-8-17(14-16)20-9-11-21(12-10-20)18(22)13-15-5-2-1-3-6-15/h1-8,14H,9-13,19H2. The van der Waals surface area contributed by atoms with Gasteiger partial charge in [0.15, 0.2) is 0 Å². The maximum absolute atomic E-state index is 12.4. The molecular weight excluding hydrogens is 274 g/mol. The van der Waals surface area contributed by atoms with E-state index < -0.39 is 0 Å². The number of anilines is 2. The number of piperazine rings is 1. The maximum Gasteiger partial charge on any atom is 0.227 e. The molecule has 1 amide bonds. The van der Waals surface area contributed by atoms with Crippen molar-refractivity contribution < 1.29 is 4.79 Å². The molecule has 4 heteroatoms. The number of hydrogen-bond acceptors (Lipinski definition) is 3. The highest BCUT2D eigenvalue weighted by Gasteiger charge is 2.21. The minimum atomic E-state index is 0.207. The van der Waals surface area contributed by atoms with E-state index in [-0.39, 0.29) is 5.91 Å². The van der Waals surface area contributed by atoms with Gasteiger partial charge in [0.05, 0.1) is 6.42 Å². The second kappa shape index (κ2) is 6.52. The second-order valence-corrected chi connectivity index (χ2v) is 5.63. The molecule has 0 bridgehead atoms. The van der Waals surface area contributed by atoms with Gasteiger partial charge in [-0.3, -0.25) is 4.79 Å². The van der Waals surface area contributed by atoms with Crippen LogP contribution in [0.3, 0.4) is 0 Å². The van der Waals surface area contributed by atoms with Gasteiger partial charge in [-0.15, -0.1) is 0 Å². The molecular formula is C18H21N3O. The smallest absolute Gasteiger partial charge is 0.227 e. The van der Waals surface area contributed by atoms with Gasteiger partial charge in [0, 0.05) is 37.6 Å². The number of nitrogens with two attached hydrogens (primary N) is 1. The number of benzene rings is 2. The fraction of sp³-hybridized carbons (Fsp3) is 0.278. The van der Waals surface area contributed by atoms with Crippen molar-refractivity contribution in [1.82, 2.24) is 4.90 Å². The van der Waals surface area contributed by atoms with Crippen LogP contribution in [-0.2, 0) is 11.2 Å². The van der Waals surface area contributed by atoms with Gasteiger partial charge in [-0.25, -0.2) is 0 Å². The molecule has 4 nitrogen and oxygen atoms in total. The molecule has 2 N–H and O–H groups in total. The van der Waals surface area contributed by atoms with Gasteiger partial charge in [-0.1, -0.05) is 36.4 Å². The summed E-state index contributed by atoms with van der Waals surface area (Å²) in [6, 6.07) is 17.8. The zero-order valence-corrected chi connectivity index (χ0v) is 12.6. The summed E-state index contributed by atoms with van der Waals surface area (Å²) >= 11 is 0. The third kappa shape index (κ3) is 3.39. The summed E-state index contributed by atoms with van der Waals surface area (Å²) in [5.41, 5.74) is 8.82. The highest BCUT2D eigenvalue weighted by molar-refractivity contribution is 5.79. The SMILES string of the molecule is Nc1cccc(N2CCN(C(=O)Cc3ccccc3)CC2)c1. The maximum atomic E-state index is 12.4. The number of amides is 1. The molecule has 0 radical (unpaired) electrons. The summed E-state index contributed by atoms with van der Waals surface area (Å²) in [5.74, 6) is 0.207. The first-order valence-electron chi connectivity index (χ1n) is 7.64. The summed E-state index contributed by atoms with van der Waals surface area (Å²) < 4.78 is 0. The Bertz CT molecular complexity index is 634. The van der Waals surface area contributed by atoms with Crippen LogP contribution in [0.1, 0.15) is 5.56 Å². The Balaban J connectivity index is 1.56. The third-order valence-corrected chi connectivity index (χ3v) is 4.07. The molecule has 1 aliphatic rings. The van der Waals surface area contributed by atoms with E-state index in [9.17, 15) is 4.79 Å². The van der Waals surface area contributed by atoms with E-state index in [4.69, 9.17) is 5.73 Å². The summed E-state index contributed by atoms with van der Waals surface area (Å²) in [5, 5.41) is 0. The van der Waals surface area contributed by atoms with Crippen LogP contribution < -0.4 is 10.6 Å². The van der Waals surface area contributed by atoms with Crippen molar-refractivity contribution in [2.45, 2.75) is 6.42 Å². The van der Waals surface area contributed by atoms with Gasteiger partial charge >= 0.3 is 0 Å². The fourth-order valence-corrected chi connectivity index (χ4v) is 2.82. The predicted octanol–water partition coefficient (Wildman–Crippen LogP) is 2.16. The molecule has 0 unspecified atom stereocenters. The number of nitrogens with zero attached hydrogens (tertiary/aromatic N) is 2. The number of nitrogen functional groups attached to an aromatic ring is 1. The Morgan fingerprint density at radius 1 is 0.955 bits per heavy atom. The number of carbonyl (C=O) groups is 1. The molecule has 1 fully saturated rings.